The average molecular weight is 458 g/mol. The summed E-state index contributed by atoms with van der Waals surface area (Å²) in [6.07, 6.45) is 4.17. The zero-order valence-corrected chi connectivity index (χ0v) is 19.1. The van der Waals surface area contributed by atoms with E-state index in [1.165, 1.54) is 5.56 Å². The predicted molar refractivity (Wildman–Crippen MR) is 123 cm³/mol. The lowest BCUT2D eigenvalue weighted by atomic mass is 10.2. The van der Waals surface area contributed by atoms with Crippen LogP contribution in [0.4, 0.5) is 0 Å². The number of ether oxygens (including phenoxy) is 1. The highest BCUT2D eigenvalue weighted by atomic mass is 32.2. The van der Waals surface area contributed by atoms with Crippen molar-refractivity contribution >= 4 is 32.8 Å². The summed E-state index contributed by atoms with van der Waals surface area (Å²) in [5, 5.41) is 0.907. The molecule has 2 aliphatic rings. The molecule has 1 aromatic heterocycles. The minimum Gasteiger partial charge on any atom is -0.376 e. The Balaban J connectivity index is 1.49. The van der Waals surface area contributed by atoms with Crippen LogP contribution in [0.3, 0.4) is 0 Å². The van der Waals surface area contributed by atoms with Gasteiger partial charge in [-0.15, -0.1) is 0 Å². The second kappa shape index (κ2) is 8.94. The Morgan fingerprint density at radius 2 is 1.87 bits per heavy atom. The molecule has 164 valence electrons. The Morgan fingerprint density at radius 3 is 2.61 bits per heavy atom. The van der Waals surface area contributed by atoms with E-state index in [1.807, 2.05) is 24.3 Å². The number of hydrogen-bond donors (Lipinski definition) is 0. The molecule has 3 aromatic rings. The van der Waals surface area contributed by atoms with Crippen LogP contribution in [0.5, 0.6) is 0 Å². The molecular formula is C23H27N3O3S2. The molecule has 1 atom stereocenters. The number of nitrogens with zero attached hydrogens (tertiary/aromatic N) is 3. The Kier molecular flexibility index (Phi) is 6.05. The number of sulfonamides is 1. The molecule has 2 saturated heterocycles. The normalized spacial score (nSPS) is 20.1. The number of rotatable bonds is 7. The van der Waals surface area contributed by atoms with Gasteiger partial charge in [-0.2, -0.15) is 4.31 Å². The lowest BCUT2D eigenvalue weighted by Gasteiger charge is -2.16. The molecule has 2 aliphatic heterocycles. The van der Waals surface area contributed by atoms with Crippen LogP contribution in [-0.2, 0) is 27.1 Å². The second-order valence-electron chi connectivity index (χ2n) is 8.18. The van der Waals surface area contributed by atoms with Crippen molar-refractivity contribution in [2.75, 3.05) is 19.7 Å². The fraction of sp³-hybridized carbons (Fsp3) is 0.435. The molecular weight excluding hydrogens is 430 g/mol. The number of fused-ring (bicyclic) bond motifs is 1. The summed E-state index contributed by atoms with van der Waals surface area (Å²) in [4.78, 5) is 5.19. The van der Waals surface area contributed by atoms with Crippen LogP contribution in [0.1, 0.15) is 31.2 Å². The number of benzene rings is 2. The van der Waals surface area contributed by atoms with Gasteiger partial charge in [-0.1, -0.05) is 42.1 Å². The summed E-state index contributed by atoms with van der Waals surface area (Å²) in [6, 6.07) is 15.7. The maximum Gasteiger partial charge on any atom is 0.243 e. The highest BCUT2D eigenvalue weighted by Crippen LogP contribution is 2.31. The minimum absolute atomic E-state index is 0.182. The van der Waals surface area contributed by atoms with Crippen LogP contribution in [0, 0.1) is 0 Å². The molecule has 31 heavy (non-hydrogen) atoms. The van der Waals surface area contributed by atoms with Crippen molar-refractivity contribution < 1.29 is 13.2 Å². The third kappa shape index (κ3) is 4.39. The van der Waals surface area contributed by atoms with E-state index >= 15 is 0 Å². The number of hydrogen-bond acceptors (Lipinski definition) is 5. The van der Waals surface area contributed by atoms with E-state index < -0.39 is 10.0 Å². The lowest BCUT2D eigenvalue weighted by Crippen LogP contribution is -2.27. The fourth-order valence-electron chi connectivity index (χ4n) is 4.33. The van der Waals surface area contributed by atoms with Crippen molar-refractivity contribution in [2.24, 2.45) is 0 Å². The van der Waals surface area contributed by atoms with E-state index in [-0.39, 0.29) is 6.10 Å². The van der Waals surface area contributed by atoms with E-state index in [0.717, 1.165) is 60.8 Å². The third-order valence-electron chi connectivity index (χ3n) is 6.01. The smallest absolute Gasteiger partial charge is 0.243 e. The van der Waals surface area contributed by atoms with Crippen molar-refractivity contribution in [3.05, 3.63) is 54.1 Å². The molecule has 0 amide bonds. The molecule has 0 unspecified atom stereocenters. The van der Waals surface area contributed by atoms with Gasteiger partial charge in [-0.3, -0.25) is 0 Å². The molecule has 0 spiro atoms. The van der Waals surface area contributed by atoms with E-state index in [1.54, 1.807) is 28.2 Å². The molecule has 3 heterocycles. The summed E-state index contributed by atoms with van der Waals surface area (Å²) in [5.41, 5.74) is 2.93. The van der Waals surface area contributed by atoms with Gasteiger partial charge in [0, 0.05) is 25.4 Å². The van der Waals surface area contributed by atoms with Crippen LogP contribution < -0.4 is 0 Å². The molecule has 0 radical (unpaired) electrons. The van der Waals surface area contributed by atoms with Crippen LogP contribution in [0.25, 0.3) is 11.0 Å². The van der Waals surface area contributed by atoms with Gasteiger partial charge >= 0.3 is 0 Å². The molecule has 2 fully saturated rings. The highest BCUT2D eigenvalue weighted by Gasteiger charge is 2.28. The topological polar surface area (TPSA) is 64.4 Å². The van der Waals surface area contributed by atoms with Crippen LogP contribution in [0.15, 0.2) is 58.6 Å². The van der Waals surface area contributed by atoms with Gasteiger partial charge in [0.2, 0.25) is 10.0 Å². The first-order valence-electron chi connectivity index (χ1n) is 10.9. The lowest BCUT2D eigenvalue weighted by molar-refractivity contribution is 0.0960. The summed E-state index contributed by atoms with van der Waals surface area (Å²) in [7, 11) is -3.46. The van der Waals surface area contributed by atoms with Gasteiger partial charge in [-0.25, -0.2) is 13.4 Å². The summed E-state index contributed by atoms with van der Waals surface area (Å²) in [6.45, 7) is 2.76. The molecule has 8 heteroatoms. The molecule has 2 aromatic carbocycles. The monoisotopic (exact) mass is 457 g/mol. The Bertz CT molecular complexity index is 1150. The zero-order valence-electron chi connectivity index (χ0n) is 17.4. The SMILES string of the molecule is O=S(=O)(c1ccc2c(c1)nc(SCc1ccccc1)n2C[C@@H]1CCCO1)N1CCCC1. The number of thioether (sulfide) groups is 1. The first kappa shape index (κ1) is 21.0. The van der Waals surface area contributed by atoms with Crippen LogP contribution >= 0.6 is 11.8 Å². The molecule has 5 rings (SSSR count). The van der Waals surface area contributed by atoms with Gasteiger partial charge in [0.15, 0.2) is 5.16 Å². The first-order valence-corrected chi connectivity index (χ1v) is 13.3. The minimum atomic E-state index is -3.46. The van der Waals surface area contributed by atoms with E-state index in [4.69, 9.17) is 9.72 Å². The molecule has 0 N–H and O–H groups in total. The van der Waals surface area contributed by atoms with Gasteiger partial charge in [0.25, 0.3) is 0 Å². The zero-order chi connectivity index (χ0) is 21.3. The van der Waals surface area contributed by atoms with Crippen molar-refractivity contribution in [2.45, 2.75) is 54.1 Å². The quantitative estimate of drug-likeness (QED) is 0.495. The van der Waals surface area contributed by atoms with E-state index in [9.17, 15) is 8.42 Å². The second-order valence-corrected chi connectivity index (χ2v) is 11.1. The van der Waals surface area contributed by atoms with Crippen molar-refractivity contribution in [1.29, 1.82) is 0 Å². The van der Waals surface area contributed by atoms with Crippen molar-refractivity contribution in [3.8, 4) is 0 Å². The highest BCUT2D eigenvalue weighted by molar-refractivity contribution is 7.98. The molecule has 6 nitrogen and oxygen atoms in total. The average Bonchev–Trinajstić information content (AvgIpc) is 3.55. The third-order valence-corrected chi connectivity index (χ3v) is 8.95. The maximum absolute atomic E-state index is 13.0. The molecule has 0 bridgehead atoms. The summed E-state index contributed by atoms with van der Waals surface area (Å²) in [5.74, 6) is 0.814. The van der Waals surface area contributed by atoms with Crippen molar-refractivity contribution in [3.63, 3.8) is 0 Å². The Labute approximate surface area is 187 Å². The van der Waals surface area contributed by atoms with Gasteiger partial charge < -0.3 is 9.30 Å². The largest absolute Gasteiger partial charge is 0.376 e. The predicted octanol–water partition coefficient (Wildman–Crippen LogP) is 4.29. The van der Waals surface area contributed by atoms with Crippen LogP contribution in [-0.4, -0.2) is 48.1 Å². The van der Waals surface area contributed by atoms with Crippen LogP contribution in [0.2, 0.25) is 0 Å². The van der Waals surface area contributed by atoms with E-state index in [2.05, 4.69) is 16.7 Å². The number of aromatic nitrogens is 2. The molecule has 0 aliphatic carbocycles. The van der Waals surface area contributed by atoms with Gasteiger partial charge in [0.05, 0.1) is 28.6 Å². The molecule has 0 saturated carbocycles. The number of imidazole rings is 1. The first-order chi connectivity index (χ1) is 15.1. The standard InChI is InChI=1S/C23H27N3O3S2/c27-31(28,25-12-4-5-13-25)20-10-11-22-21(15-20)24-23(26(22)16-19-9-6-14-29-19)30-17-18-7-2-1-3-8-18/h1-3,7-8,10-11,15,19H,4-6,9,12-14,16-17H2/t19-/m0/s1. The maximum atomic E-state index is 13.0. The Hall–Kier alpha value is -1.87. The van der Waals surface area contributed by atoms with Crippen molar-refractivity contribution in [1.82, 2.24) is 13.9 Å². The summed E-state index contributed by atoms with van der Waals surface area (Å²) >= 11 is 1.68. The summed E-state index contributed by atoms with van der Waals surface area (Å²) < 4.78 is 35.7. The van der Waals surface area contributed by atoms with Gasteiger partial charge in [0.1, 0.15) is 0 Å². The Morgan fingerprint density at radius 1 is 1.06 bits per heavy atom. The van der Waals surface area contributed by atoms with Gasteiger partial charge in [-0.05, 0) is 49.4 Å². The fourth-order valence-corrected chi connectivity index (χ4v) is 6.84. The van der Waals surface area contributed by atoms with E-state index in [0.29, 0.717) is 18.0 Å².